The second-order valence-electron chi connectivity index (χ2n) is 6.50. The SMILES string of the molecule is CCC1CCCN(CCC2CNc3ccccc32)CC1. The normalized spacial score (nSPS) is 26.9. The first-order chi connectivity index (χ1) is 9.86. The van der Waals surface area contributed by atoms with Gasteiger partial charge in [0.2, 0.25) is 0 Å². The highest BCUT2D eigenvalue weighted by Gasteiger charge is 2.22. The van der Waals surface area contributed by atoms with E-state index in [1.54, 1.807) is 0 Å². The molecule has 2 aliphatic heterocycles. The molecule has 2 nitrogen and oxygen atoms in total. The van der Waals surface area contributed by atoms with Crippen LogP contribution in [0.2, 0.25) is 0 Å². The van der Waals surface area contributed by atoms with Crippen molar-refractivity contribution in [1.29, 1.82) is 0 Å². The number of hydrogen-bond acceptors (Lipinski definition) is 2. The van der Waals surface area contributed by atoms with Gasteiger partial charge in [0.1, 0.15) is 0 Å². The Morgan fingerprint density at radius 2 is 2.10 bits per heavy atom. The summed E-state index contributed by atoms with van der Waals surface area (Å²) in [7, 11) is 0. The number of nitrogens with zero attached hydrogens (tertiary/aromatic N) is 1. The molecular formula is C18H28N2. The smallest absolute Gasteiger partial charge is 0.0376 e. The van der Waals surface area contributed by atoms with Crippen LogP contribution in [0.15, 0.2) is 24.3 Å². The van der Waals surface area contributed by atoms with E-state index < -0.39 is 0 Å². The van der Waals surface area contributed by atoms with E-state index in [1.165, 1.54) is 63.0 Å². The molecule has 3 rings (SSSR count). The summed E-state index contributed by atoms with van der Waals surface area (Å²) in [6, 6.07) is 8.83. The number of nitrogens with one attached hydrogen (secondary N) is 1. The highest BCUT2D eigenvalue weighted by atomic mass is 15.1. The first-order valence-corrected chi connectivity index (χ1v) is 8.42. The van der Waals surface area contributed by atoms with Gasteiger partial charge in [-0.3, -0.25) is 0 Å². The molecule has 1 saturated heterocycles. The minimum atomic E-state index is 0.719. The largest absolute Gasteiger partial charge is 0.384 e. The zero-order chi connectivity index (χ0) is 13.8. The van der Waals surface area contributed by atoms with Crippen LogP contribution in [0.3, 0.4) is 0 Å². The Hall–Kier alpha value is -1.02. The molecule has 2 unspecified atom stereocenters. The minimum absolute atomic E-state index is 0.719. The first-order valence-electron chi connectivity index (χ1n) is 8.42. The zero-order valence-electron chi connectivity index (χ0n) is 12.8. The predicted molar refractivity (Wildman–Crippen MR) is 86.4 cm³/mol. The van der Waals surface area contributed by atoms with E-state index >= 15 is 0 Å². The molecule has 0 saturated carbocycles. The lowest BCUT2D eigenvalue weighted by Crippen LogP contribution is -2.27. The summed E-state index contributed by atoms with van der Waals surface area (Å²) < 4.78 is 0. The van der Waals surface area contributed by atoms with E-state index in [0.29, 0.717) is 0 Å². The van der Waals surface area contributed by atoms with Crippen molar-refractivity contribution < 1.29 is 0 Å². The summed E-state index contributed by atoms with van der Waals surface area (Å²) >= 11 is 0. The monoisotopic (exact) mass is 272 g/mol. The molecule has 1 aromatic rings. The third kappa shape index (κ3) is 3.17. The van der Waals surface area contributed by atoms with Gasteiger partial charge >= 0.3 is 0 Å². The van der Waals surface area contributed by atoms with Gasteiger partial charge in [-0.2, -0.15) is 0 Å². The summed E-state index contributed by atoms with van der Waals surface area (Å²) in [6.07, 6.45) is 6.93. The Morgan fingerprint density at radius 3 is 3.00 bits per heavy atom. The van der Waals surface area contributed by atoms with Crippen LogP contribution in [0.4, 0.5) is 5.69 Å². The number of fused-ring (bicyclic) bond motifs is 1. The summed E-state index contributed by atoms with van der Waals surface area (Å²) in [6.45, 7) is 7.39. The lowest BCUT2D eigenvalue weighted by molar-refractivity contribution is 0.270. The van der Waals surface area contributed by atoms with Crippen molar-refractivity contribution in [2.45, 2.75) is 44.9 Å². The highest BCUT2D eigenvalue weighted by molar-refractivity contribution is 5.57. The van der Waals surface area contributed by atoms with Crippen LogP contribution in [0.25, 0.3) is 0 Å². The predicted octanol–water partition coefficient (Wildman–Crippen LogP) is 4.10. The third-order valence-corrected chi connectivity index (χ3v) is 5.25. The molecule has 0 spiro atoms. The van der Waals surface area contributed by atoms with Gasteiger partial charge in [-0.15, -0.1) is 0 Å². The molecule has 2 heterocycles. The molecule has 1 fully saturated rings. The van der Waals surface area contributed by atoms with Crippen LogP contribution in [0.5, 0.6) is 0 Å². The van der Waals surface area contributed by atoms with Crippen LogP contribution >= 0.6 is 0 Å². The van der Waals surface area contributed by atoms with Gasteiger partial charge < -0.3 is 10.2 Å². The topological polar surface area (TPSA) is 15.3 Å². The van der Waals surface area contributed by atoms with Crippen molar-refractivity contribution in [3.05, 3.63) is 29.8 Å². The third-order valence-electron chi connectivity index (χ3n) is 5.25. The van der Waals surface area contributed by atoms with Gasteiger partial charge in [-0.1, -0.05) is 31.5 Å². The van der Waals surface area contributed by atoms with Crippen molar-refractivity contribution in [2.24, 2.45) is 5.92 Å². The summed E-state index contributed by atoms with van der Waals surface area (Å²) in [5, 5.41) is 3.55. The Kier molecular flexibility index (Phi) is 4.62. The van der Waals surface area contributed by atoms with Crippen molar-refractivity contribution in [1.82, 2.24) is 4.90 Å². The molecule has 0 aliphatic carbocycles. The lowest BCUT2D eigenvalue weighted by Gasteiger charge is -2.22. The maximum absolute atomic E-state index is 3.55. The van der Waals surface area contributed by atoms with Crippen LogP contribution < -0.4 is 5.32 Å². The molecule has 110 valence electrons. The molecule has 20 heavy (non-hydrogen) atoms. The minimum Gasteiger partial charge on any atom is -0.384 e. The fourth-order valence-corrected chi connectivity index (χ4v) is 3.81. The van der Waals surface area contributed by atoms with Crippen LogP contribution in [-0.2, 0) is 0 Å². The summed E-state index contributed by atoms with van der Waals surface area (Å²) in [5.41, 5.74) is 2.90. The maximum atomic E-state index is 3.55. The average Bonchev–Trinajstić information content (AvgIpc) is 2.76. The van der Waals surface area contributed by atoms with E-state index in [2.05, 4.69) is 41.4 Å². The second-order valence-corrected chi connectivity index (χ2v) is 6.50. The molecule has 0 amide bonds. The zero-order valence-corrected chi connectivity index (χ0v) is 12.8. The lowest BCUT2D eigenvalue weighted by atomic mass is 9.97. The van der Waals surface area contributed by atoms with Gasteiger partial charge in [-0.05, 0) is 62.9 Å². The van der Waals surface area contributed by atoms with Crippen LogP contribution in [0.1, 0.15) is 50.5 Å². The Morgan fingerprint density at radius 1 is 1.20 bits per heavy atom. The van der Waals surface area contributed by atoms with Crippen molar-refractivity contribution in [3.63, 3.8) is 0 Å². The van der Waals surface area contributed by atoms with E-state index in [9.17, 15) is 0 Å². The van der Waals surface area contributed by atoms with Crippen molar-refractivity contribution in [3.8, 4) is 0 Å². The fraction of sp³-hybridized carbons (Fsp3) is 0.667. The molecule has 2 atom stereocenters. The number of anilines is 1. The van der Waals surface area contributed by atoms with E-state index in [1.807, 2.05) is 0 Å². The second kappa shape index (κ2) is 6.62. The number of likely N-dealkylation sites (tertiary alicyclic amines) is 1. The van der Waals surface area contributed by atoms with E-state index in [4.69, 9.17) is 0 Å². The van der Waals surface area contributed by atoms with E-state index in [0.717, 1.165) is 18.4 Å². The Balaban J connectivity index is 1.51. The maximum Gasteiger partial charge on any atom is 0.0376 e. The standard InChI is InChI=1S/C18H28N2/c1-2-15-6-5-11-20(12-9-15)13-10-16-14-19-18-8-4-3-7-17(16)18/h3-4,7-8,15-16,19H,2,5-6,9-14H2,1H3. The van der Waals surface area contributed by atoms with Gasteiger partial charge in [-0.25, -0.2) is 0 Å². The van der Waals surface area contributed by atoms with Gasteiger partial charge in [0.15, 0.2) is 0 Å². The average molecular weight is 272 g/mol. The molecule has 0 aromatic heterocycles. The van der Waals surface area contributed by atoms with E-state index in [-0.39, 0.29) is 0 Å². The molecule has 2 aliphatic rings. The van der Waals surface area contributed by atoms with Gasteiger partial charge in [0.05, 0.1) is 0 Å². The first kappa shape index (κ1) is 13.9. The van der Waals surface area contributed by atoms with Gasteiger partial charge in [0, 0.05) is 18.2 Å². The van der Waals surface area contributed by atoms with Crippen molar-refractivity contribution in [2.75, 3.05) is 31.5 Å². The molecule has 2 heteroatoms. The number of hydrogen-bond donors (Lipinski definition) is 1. The quantitative estimate of drug-likeness (QED) is 0.888. The summed E-state index contributed by atoms with van der Waals surface area (Å²) in [4.78, 5) is 2.70. The Bertz CT molecular complexity index is 429. The number of rotatable bonds is 4. The fourth-order valence-electron chi connectivity index (χ4n) is 3.81. The Labute approximate surface area is 123 Å². The van der Waals surface area contributed by atoms with Gasteiger partial charge in [0.25, 0.3) is 0 Å². The van der Waals surface area contributed by atoms with Crippen LogP contribution in [0, 0.1) is 5.92 Å². The molecular weight excluding hydrogens is 244 g/mol. The highest BCUT2D eigenvalue weighted by Crippen LogP contribution is 2.33. The molecule has 0 radical (unpaired) electrons. The van der Waals surface area contributed by atoms with Crippen molar-refractivity contribution >= 4 is 5.69 Å². The molecule has 1 N–H and O–H groups in total. The number of para-hydroxylation sites is 1. The molecule has 1 aromatic carbocycles. The number of benzene rings is 1. The van der Waals surface area contributed by atoms with Crippen LogP contribution in [-0.4, -0.2) is 31.1 Å². The molecule has 0 bridgehead atoms. The summed E-state index contributed by atoms with van der Waals surface area (Å²) in [5.74, 6) is 1.70.